The molecule has 0 atom stereocenters. The number of aryl methyl sites for hydroxylation is 2. The minimum Gasteiger partial charge on any atom is -0.347 e. The van der Waals surface area contributed by atoms with Crippen LogP contribution in [0.5, 0.6) is 0 Å². The second-order valence-electron chi connectivity index (χ2n) is 6.03. The van der Waals surface area contributed by atoms with Crippen molar-refractivity contribution in [2.75, 3.05) is 20.6 Å². The quantitative estimate of drug-likeness (QED) is 0.869. The van der Waals surface area contributed by atoms with Gasteiger partial charge in [-0.1, -0.05) is 12.1 Å². The zero-order valence-corrected chi connectivity index (χ0v) is 13.2. The third-order valence-electron chi connectivity index (χ3n) is 4.18. The van der Waals surface area contributed by atoms with Crippen molar-refractivity contribution < 1.29 is 0 Å². The summed E-state index contributed by atoms with van der Waals surface area (Å²) in [6.45, 7) is 2.02. The number of nitrogens with zero attached hydrogens (tertiary/aromatic N) is 3. The van der Waals surface area contributed by atoms with Gasteiger partial charge in [-0.25, -0.2) is 0 Å². The lowest BCUT2D eigenvalue weighted by Crippen LogP contribution is -2.12. The Morgan fingerprint density at radius 3 is 2.95 bits per heavy atom. The number of hydrogen-bond donors (Lipinski definition) is 0. The van der Waals surface area contributed by atoms with Crippen LogP contribution < -0.4 is 0 Å². The predicted octanol–water partition coefficient (Wildman–Crippen LogP) is 3.30. The van der Waals surface area contributed by atoms with Gasteiger partial charge >= 0.3 is 0 Å². The van der Waals surface area contributed by atoms with Crippen LogP contribution >= 0.6 is 0 Å². The van der Waals surface area contributed by atoms with Crippen LogP contribution in [-0.2, 0) is 13.0 Å². The molecule has 1 aromatic heterocycles. The van der Waals surface area contributed by atoms with E-state index in [0.717, 1.165) is 31.5 Å². The standard InChI is InChI=1S/C19H21N3/c1-21(2)10-3-5-17-18-13-15(14-20)7-8-16(18)9-12-22-11-4-6-19(17)22/h4-8,11,13H,3,9-10,12H2,1-2H3. The summed E-state index contributed by atoms with van der Waals surface area (Å²) in [5, 5.41) is 9.22. The first-order valence-electron chi connectivity index (χ1n) is 7.73. The molecule has 3 nitrogen and oxygen atoms in total. The van der Waals surface area contributed by atoms with Crippen LogP contribution in [0.3, 0.4) is 0 Å². The Morgan fingerprint density at radius 1 is 1.32 bits per heavy atom. The van der Waals surface area contributed by atoms with Crippen LogP contribution in [0.4, 0.5) is 0 Å². The summed E-state index contributed by atoms with van der Waals surface area (Å²) >= 11 is 0. The lowest BCUT2D eigenvalue weighted by molar-refractivity contribution is 0.417. The van der Waals surface area contributed by atoms with E-state index in [2.05, 4.69) is 60.1 Å². The topological polar surface area (TPSA) is 32.0 Å². The number of hydrogen-bond acceptors (Lipinski definition) is 2. The minimum atomic E-state index is 0.734. The Morgan fingerprint density at radius 2 is 2.18 bits per heavy atom. The third kappa shape index (κ3) is 2.84. The van der Waals surface area contributed by atoms with E-state index in [1.165, 1.54) is 22.4 Å². The van der Waals surface area contributed by atoms with E-state index in [9.17, 15) is 5.26 Å². The van der Waals surface area contributed by atoms with Gasteiger partial charge in [-0.3, -0.25) is 0 Å². The molecule has 22 heavy (non-hydrogen) atoms. The summed E-state index contributed by atoms with van der Waals surface area (Å²) in [5.41, 5.74) is 5.80. The smallest absolute Gasteiger partial charge is 0.0991 e. The molecule has 0 saturated heterocycles. The van der Waals surface area contributed by atoms with E-state index in [1.54, 1.807) is 0 Å². The molecule has 112 valence electrons. The minimum absolute atomic E-state index is 0.734. The van der Waals surface area contributed by atoms with Gasteiger partial charge < -0.3 is 9.47 Å². The summed E-state index contributed by atoms with van der Waals surface area (Å²) in [6, 6.07) is 12.6. The molecule has 1 aliphatic rings. The second-order valence-corrected chi connectivity index (χ2v) is 6.03. The average molecular weight is 291 g/mol. The average Bonchev–Trinajstić information content (AvgIpc) is 2.92. The van der Waals surface area contributed by atoms with Gasteiger partial charge in [-0.2, -0.15) is 5.26 Å². The highest BCUT2D eigenvalue weighted by atomic mass is 15.0. The predicted molar refractivity (Wildman–Crippen MR) is 89.5 cm³/mol. The lowest BCUT2D eigenvalue weighted by Gasteiger charge is -2.12. The van der Waals surface area contributed by atoms with Gasteiger partial charge in [-0.15, -0.1) is 0 Å². The molecular weight excluding hydrogens is 270 g/mol. The molecule has 0 spiro atoms. The van der Waals surface area contributed by atoms with E-state index in [4.69, 9.17) is 0 Å². The first-order valence-corrected chi connectivity index (χ1v) is 7.73. The largest absolute Gasteiger partial charge is 0.347 e. The summed E-state index contributed by atoms with van der Waals surface area (Å²) in [6.07, 6.45) is 6.47. The van der Waals surface area contributed by atoms with Gasteiger partial charge in [0, 0.05) is 30.6 Å². The van der Waals surface area contributed by atoms with Crippen LogP contribution in [0.15, 0.2) is 42.6 Å². The van der Waals surface area contributed by atoms with Crippen molar-refractivity contribution in [2.45, 2.75) is 19.4 Å². The summed E-state index contributed by atoms with van der Waals surface area (Å²) in [7, 11) is 4.19. The summed E-state index contributed by atoms with van der Waals surface area (Å²) < 4.78 is 2.31. The van der Waals surface area contributed by atoms with E-state index < -0.39 is 0 Å². The summed E-state index contributed by atoms with van der Waals surface area (Å²) in [5.74, 6) is 0. The van der Waals surface area contributed by atoms with Gasteiger partial charge in [0.25, 0.3) is 0 Å². The number of rotatable bonds is 3. The van der Waals surface area contributed by atoms with E-state index in [-0.39, 0.29) is 0 Å². The second kappa shape index (κ2) is 6.21. The SMILES string of the molecule is CN(C)CCC=C1c2cc(C#N)ccc2CCn2cccc21. The van der Waals surface area contributed by atoms with Crippen LogP contribution in [0.25, 0.3) is 5.57 Å². The highest BCUT2D eigenvalue weighted by molar-refractivity contribution is 5.81. The van der Waals surface area contributed by atoms with E-state index >= 15 is 0 Å². The van der Waals surface area contributed by atoms with Crippen LogP contribution in [0.2, 0.25) is 0 Å². The van der Waals surface area contributed by atoms with Crippen LogP contribution in [-0.4, -0.2) is 30.1 Å². The Hall–Kier alpha value is -2.31. The van der Waals surface area contributed by atoms with Crippen molar-refractivity contribution in [3.63, 3.8) is 0 Å². The van der Waals surface area contributed by atoms with Crippen molar-refractivity contribution in [1.29, 1.82) is 5.26 Å². The zero-order chi connectivity index (χ0) is 15.5. The monoisotopic (exact) mass is 291 g/mol. The van der Waals surface area contributed by atoms with Crippen molar-refractivity contribution in [3.8, 4) is 6.07 Å². The maximum absolute atomic E-state index is 9.22. The van der Waals surface area contributed by atoms with Crippen molar-refractivity contribution in [2.24, 2.45) is 0 Å². The highest BCUT2D eigenvalue weighted by Crippen LogP contribution is 2.31. The number of fused-ring (bicyclic) bond motifs is 2. The van der Waals surface area contributed by atoms with E-state index in [1.807, 2.05) is 12.1 Å². The van der Waals surface area contributed by atoms with Gasteiger partial charge in [0.1, 0.15) is 0 Å². The molecule has 0 fully saturated rings. The zero-order valence-electron chi connectivity index (χ0n) is 13.2. The molecule has 2 aromatic rings. The fourth-order valence-corrected chi connectivity index (χ4v) is 3.03. The number of benzene rings is 1. The molecule has 1 aliphatic heterocycles. The summed E-state index contributed by atoms with van der Waals surface area (Å²) in [4.78, 5) is 2.19. The van der Waals surface area contributed by atoms with Crippen LogP contribution in [0, 0.1) is 11.3 Å². The first-order chi connectivity index (χ1) is 10.7. The third-order valence-corrected chi connectivity index (χ3v) is 4.18. The van der Waals surface area contributed by atoms with Crippen LogP contribution in [0.1, 0.15) is 28.8 Å². The highest BCUT2D eigenvalue weighted by Gasteiger charge is 2.17. The first kappa shape index (κ1) is 14.6. The molecule has 0 amide bonds. The molecule has 0 N–H and O–H groups in total. The molecule has 3 heteroatoms. The molecule has 0 unspecified atom stereocenters. The number of aromatic nitrogens is 1. The van der Waals surface area contributed by atoms with Crippen molar-refractivity contribution >= 4 is 5.57 Å². The van der Waals surface area contributed by atoms with Crippen molar-refractivity contribution in [3.05, 3.63) is 65.0 Å². The molecule has 0 bridgehead atoms. The molecule has 3 rings (SSSR count). The number of nitriles is 1. The molecule has 0 aliphatic carbocycles. The van der Waals surface area contributed by atoms with Gasteiger partial charge in [0.05, 0.1) is 11.6 Å². The molecule has 0 saturated carbocycles. The molecular formula is C19H21N3. The van der Waals surface area contributed by atoms with Crippen molar-refractivity contribution in [1.82, 2.24) is 9.47 Å². The molecule has 0 radical (unpaired) electrons. The fourth-order valence-electron chi connectivity index (χ4n) is 3.03. The Balaban J connectivity index is 2.09. The molecule has 1 aromatic carbocycles. The maximum Gasteiger partial charge on any atom is 0.0991 e. The fraction of sp³-hybridized carbons (Fsp3) is 0.316. The van der Waals surface area contributed by atoms with Gasteiger partial charge in [-0.05, 0) is 62.3 Å². The Labute approximate surface area is 132 Å². The Kier molecular flexibility index (Phi) is 4.13. The van der Waals surface area contributed by atoms with E-state index in [0.29, 0.717) is 0 Å². The maximum atomic E-state index is 9.22. The Bertz CT molecular complexity index is 744. The normalized spacial score (nSPS) is 15.3. The van der Waals surface area contributed by atoms with Gasteiger partial charge in [0.2, 0.25) is 0 Å². The lowest BCUT2D eigenvalue weighted by atomic mass is 9.94. The van der Waals surface area contributed by atoms with Gasteiger partial charge in [0.15, 0.2) is 0 Å². The molecule has 2 heterocycles.